The van der Waals surface area contributed by atoms with Gasteiger partial charge >= 0.3 is 0 Å². The van der Waals surface area contributed by atoms with Crippen LogP contribution in [0.25, 0.3) is 16.6 Å². The second-order valence-electron chi connectivity index (χ2n) is 9.34. The average Bonchev–Trinajstić information content (AvgIpc) is 3.25. The maximum Gasteiger partial charge on any atom is 0.241 e. The molecular formula is C26H36N6O. The molecule has 2 aliphatic rings. The summed E-state index contributed by atoms with van der Waals surface area (Å²) in [6.07, 6.45) is 8.41. The topological polar surface area (TPSA) is 66.7 Å². The Morgan fingerprint density at radius 2 is 1.88 bits per heavy atom. The van der Waals surface area contributed by atoms with Gasteiger partial charge in [0, 0.05) is 63.6 Å². The molecule has 3 aromatic rings. The van der Waals surface area contributed by atoms with Crippen LogP contribution in [0, 0.1) is 0 Å². The predicted octanol–water partition coefficient (Wildman–Crippen LogP) is 3.91. The molecule has 2 fully saturated rings. The molecule has 0 bridgehead atoms. The van der Waals surface area contributed by atoms with E-state index < -0.39 is 0 Å². The number of nitrogens with one attached hydrogen (secondary N) is 2. The third-order valence-corrected chi connectivity index (χ3v) is 7.04. The molecule has 1 saturated heterocycles. The smallest absolute Gasteiger partial charge is 0.241 e. The van der Waals surface area contributed by atoms with Crippen molar-refractivity contribution in [3.05, 3.63) is 47.8 Å². The number of hydrogen-bond acceptors (Lipinski definition) is 6. The highest BCUT2D eigenvalue weighted by atomic mass is 16.5. The highest BCUT2D eigenvalue weighted by Gasteiger charge is 2.22. The molecule has 1 aromatic carbocycles. The van der Waals surface area contributed by atoms with E-state index in [0.29, 0.717) is 25.0 Å². The first-order chi connectivity index (χ1) is 16.3. The molecule has 0 unspecified atom stereocenters. The monoisotopic (exact) mass is 448 g/mol. The van der Waals surface area contributed by atoms with Crippen LogP contribution in [0.3, 0.4) is 0 Å². The molecule has 0 spiro atoms. The molecule has 2 N–H and O–H groups in total. The summed E-state index contributed by atoms with van der Waals surface area (Å²) in [6, 6.07) is 11.5. The quantitative estimate of drug-likeness (QED) is 0.510. The van der Waals surface area contributed by atoms with Crippen molar-refractivity contribution >= 4 is 11.5 Å². The van der Waals surface area contributed by atoms with Crippen LogP contribution in [0.15, 0.2) is 36.5 Å². The largest absolute Gasteiger partial charge is 0.383 e. The molecule has 1 aliphatic carbocycles. The van der Waals surface area contributed by atoms with Gasteiger partial charge in [0.2, 0.25) is 5.95 Å². The third kappa shape index (κ3) is 5.21. The SMILES string of the molecule is COCCNc1ncc2c(-c3ccc(CN4CCNCC4)cc3)cc(C3CCCCC3)n2n1. The lowest BCUT2D eigenvalue weighted by molar-refractivity contribution is 0.210. The van der Waals surface area contributed by atoms with Crippen molar-refractivity contribution in [3.63, 3.8) is 0 Å². The summed E-state index contributed by atoms with van der Waals surface area (Å²) in [7, 11) is 1.71. The molecular weight excluding hydrogens is 412 g/mol. The van der Waals surface area contributed by atoms with Crippen LogP contribution in [-0.4, -0.2) is 65.9 Å². The molecule has 1 aliphatic heterocycles. The van der Waals surface area contributed by atoms with E-state index in [1.807, 2.05) is 6.20 Å². The lowest BCUT2D eigenvalue weighted by Gasteiger charge is -2.27. The van der Waals surface area contributed by atoms with Crippen LogP contribution in [0.1, 0.15) is 49.3 Å². The third-order valence-electron chi connectivity index (χ3n) is 7.04. The second-order valence-corrected chi connectivity index (χ2v) is 9.34. The Balaban J connectivity index is 1.44. The van der Waals surface area contributed by atoms with Crippen LogP contribution < -0.4 is 10.6 Å². The second kappa shape index (κ2) is 10.6. The number of rotatable bonds is 8. The maximum absolute atomic E-state index is 5.16. The molecule has 7 nitrogen and oxygen atoms in total. The van der Waals surface area contributed by atoms with Gasteiger partial charge in [-0.1, -0.05) is 43.5 Å². The normalized spacial score (nSPS) is 18.1. The minimum absolute atomic E-state index is 0.564. The molecule has 1 saturated carbocycles. The first kappa shape index (κ1) is 22.3. The fourth-order valence-electron chi connectivity index (χ4n) is 5.20. The molecule has 3 heterocycles. The Bertz CT molecular complexity index is 1030. The summed E-state index contributed by atoms with van der Waals surface area (Å²) >= 11 is 0. The van der Waals surface area contributed by atoms with Gasteiger partial charge in [0.1, 0.15) is 0 Å². The van der Waals surface area contributed by atoms with Gasteiger partial charge in [-0.3, -0.25) is 4.90 Å². The number of hydrogen-bond donors (Lipinski definition) is 2. The van der Waals surface area contributed by atoms with Gasteiger partial charge in [-0.25, -0.2) is 9.50 Å². The number of methoxy groups -OCH3 is 1. The van der Waals surface area contributed by atoms with Gasteiger partial charge < -0.3 is 15.4 Å². The Labute approximate surface area is 196 Å². The summed E-state index contributed by atoms with van der Waals surface area (Å²) in [4.78, 5) is 7.13. The van der Waals surface area contributed by atoms with Crippen molar-refractivity contribution in [2.45, 2.75) is 44.6 Å². The van der Waals surface area contributed by atoms with Crippen LogP contribution in [-0.2, 0) is 11.3 Å². The van der Waals surface area contributed by atoms with E-state index >= 15 is 0 Å². The Morgan fingerprint density at radius 1 is 1.09 bits per heavy atom. The molecule has 0 amide bonds. The number of piperazine rings is 1. The van der Waals surface area contributed by atoms with E-state index in [2.05, 4.69) is 55.4 Å². The lowest BCUT2D eigenvalue weighted by atomic mass is 9.87. The van der Waals surface area contributed by atoms with Crippen LogP contribution in [0.5, 0.6) is 0 Å². The first-order valence-electron chi connectivity index (χ1n) is 12.5. The fraction of sp³-hybridized carbons (Fsp3) is 0.538. The minimum atomic E-state index is 0.564. The maximum atomic E-state index is 5.16. The predicted molar refractivity (Wildman–Crippen MR) is 133 cm³/mol. The summed E-state index contributed by atoms with van der Waals surface area (Å²) in [5, 5.41) is 11.6. The number of benzene rings is 1. The summed E-state index contributed by atoms with van der Waals surface area (Å²) in [5.74, 6) is 1.22. The van der Waals surface area contributed by atoms with Crippen LogP contribution in [0.2, 0.25) is 0 Å². The van der Waals surface area contributed by atoms with Gasteiger partial charge in [-0.2, -0.15) is 0 Å². The van der Waals surface area contributed by atoms with E-state index in [1.165, 1.54) is 54.5 Å². The summed E-state index contributed by atoms with van der Waals surface area (Å²) in [6.45, 7) is 6.76. The van der Waals surface area contributed by atoms with Crippen molar-refractivity contribution in [1.29, 1.82) is 0 Å². The standard InChI is InChI=1S/C26H36N6O/c1-33-16-13-28-26-29-18-25-23(17-24(32(25)30-26)22-5-3-2-4-6-22)21-9-7-20(8-10-21)19-31-14-11-27-12-15-31/h7-10,17-18,22,27H,2-6,11-16,19H2,1H3,(H,28,30). The highest BCUT2D eigenvalue weighted by Crippen LogP contribution is 2.37. The zero-order valence-electron chi connectivity index (χ0n) is 19.7. The Kier molecular flexibility index (Phi) is 7.19. The molecule has 2 aromatic heterocycles. The van der Waals surface area contributed by atoms with Gasteiger partial charge in [0.25, 0.3) is 0 Å². The van der Waals surface area contributed by atoms with Gasteiger partial charge in [0.05, 0.1) is 18.3 Å². The van der Waals surface area contributed by atoms with E-state index in [0.717, 1.165) is 38.2 Å². The molecule has 33 heavy (non-hydrogen) atoms. The van der Waals surface area contributed by atoms with Crippen molar-refractivity contribution in [1.82, 2.24) is 24.8 Å². The van der Waals surface area contributed by atoms with Crippen molar-refractivity contribution in [2.24, 2.45) is 0 Å². The number of ether oxygens (including phenoxy) is 1. The fourth-order valence-corrected chi connectivity index (χ4v) is 5.20. The van der Waals surface area contributed by atoms with E-state index in [1.54, 1.807) is 7.11 Å². The summed E-state index contributed by atoms with van der Waals surface area (Å²) < 4.78 is 7.30. The van der Waals surface area contributed by atoms with Crippen LogP contribution in [0.4, 0.5) is 5.95 Å². The zero-order valence-corrected chi connectivity index (χ0v) is 19.7. The number of nitrogens with zero attached hydrogens (tertiary/aromatic N) is 4. The number of aromatic nitrogens is 3. The lowest BCUT2D eigenvalue weighted by Crippen LogP contribution is -2.42. The van der Waals surface area contributed by atoms with E-state index in [9.17, 15) is 0 Å². The Morgan fingerprint density at radius 3 is 2.64 bits per heavy atom. The highest BCUT2D eigenvalue weighted by molar-refractivity contribution is 5.81. The van der Waals surface area contributed by atoms with E-state index in [-0.39, 0.29) is 0 Å². The molecule has 7 heteroatoms. The van der Waals surface area contributed by atoms with E-state index in [4.69, 9.17) is 9.84 Å². The Hall–Kier alpha value is -2.48. The van der Waals surface area contributed by atoms with Crippen molar-refractivity contribution in [2.75, 3.05) is 51.8 Å². The molecule has 5 rings (SSSR count). The van der Waals surface area contributed by atoms with Gasteiger partial charge in [-0.15, -0.1) is 5.10 Å². The first-order valence-corrected chi connectivity index (χ1v) is 12.5. The minimum Gasteiger partial charge on any atom is -0.383 e. The number of fused-ring (bicyclic) bond motifs is 1. The molecule has 0 atom stereocenters. The van der Waals surface area contributed by atoms with Crippen molar-refractivity contribution < 1.29 is 4.74 Å². The van der Waals surface area contributed by atoms with Gasteiger partial charge in [-0.05, 0) is 30.0 Å². The average molecular weight is 449 g/mol. The molecule has 176 valence electrons. The van der Waals surface area contributed by atoms with Gasteiger partial charge in [0.15, 0.2) is 0 Å². The summed E-state index contributed by atoms with van der Waals surface area (Å²) in [5.41, 5.74) is 6.25. The molecule has 0 radical (unpaired) electrons. The van der Waals surface area contributed by atoms with Crippen molar-refractivity contribution in [3.8, 4) is 11.1 Å². The zero-order chi connectivity index (χ0) is 22.5. The number of anilines is 1. The van der Waals surface area contributed by atoms with Crippen LogP contribution >= 0.6 is 0 Å².